The molecule has 1 aromatic carbocycles. The van der Waals surface area contributed by atoms with Gasteiger partial charge in [-0.2, -0.15) is 11.8 Å². The molecule has 1 fully saturated rings. The first-order valence-electron chi connectivity index (χ1n) is 6.18. The Morgan fingerprint density at radius 1 is 1.44 bits per heavy atom. The van der Waals surface area contributed by atoms with E-state index >= 15 is 0 Å². The molecule has 18 heavy (non-hydrogen) atoms. The van der Waals surface area contributed by atoms with Crippen LogP contribution in [0.5, 0.6) is 5.75 Å². The highest BCUT2D eigenvalue weighted by Crippen LogP contribution is 2.36. The molecule has 1 atom stereocenters. The fourth-order valence-corrected chi connectivity index (χ4v) is 3.76. The highest BCUT2D eigenvalue weighted by atomic mass is 35.5. The zero-order valence-electron chi connectivity index (χ0n) is 11.1. The van der Waals surface area contributed by atoms with Crippen LogP contribution in [0.2, 0.25) is 5.02 Å². The maximum absolute atomic E-state index is 6.22. The van der Waals surface area contributed by atoms with Crippen LogP contribution < -0.4 is 10.1 Å². The summed E-state index contributed by atoms with van der Waals surface area (Å²) in [6.07, 6.45) is 1.17. The van der Waals surface area contributed by atoms with Crippen LogP contribution in [0.4, 0.5) is 5.69 Å². The summed E-state index contributed by atoms with van der Waals surface area (Å²) in [5.74, 6) is 3.21. The van der Waals surface area contributed by atoms with E-state index in [-0.39, 0.29) is 0 Å². The van der Waals surface area contributed by atoms with Gasteiger partial charge in [-0.05, 0) is 29.7 Å². The summed E-state index contributed by atoms with van der Waals surface area (Å²) in [6, 6.07) is 6.20. The van der Waals surface area contributed by atoms with Crippen molar-refractivity contribution in [1.82, 2.24) is 0 Å². The van der Waals surface area contributed by atoms with Gasteiger partial charge in [0.25, 0.3) is 0 Å². The van der Waals surface area contributed by atoms with Crippen LogP contribution in [-0.2, 0) is 0 Å². The van der Waals surface area contributed by atoms with Crippen LogP contribution in [0.25, 0.3) is 0 Å². The molecule has 0 saturated carbocycles. The van der Waals surface area contributed by atoms with Gasteiger partial charge in [-0.3, -0.25) is 0 Å². The Hall–Kier alpha value is -0.540. The van der Waals surface area contributed by atoms with Gasteiger partial charge in [0, 0.05) is 17.9 Å². The maximum Gasteiger partial charge on any atom is 0.121 e. The molecule has 2 nitrogen and oxygen atoms in total. The summed E-state index contributed by atoms with van der Waals surface area (Å²) in [4.78, 5) is 0. The summed E-state index contributed by atoms with van der Waals surface area (Å²) in [5, 5.41) is 4.30. The molecule has 1 saturated heterocycles. The Bertz CT molecular complexity index is 422. The van der Waals surface area contributed by atoms with E-state index in [2.05, 4.69) is 19.2 Å². The quantitative estimate of drug-likeness (QED) is 0.895. The molecule has 0 radical (unpaired) electrons. The molecule has 0 amide bonds. The van der Waals surface area contributed by atoms with Crippen molar-refractivity contribution >= 4 is 29.1 Å². The summed E-state index contributed by atoms with van der Waals surface area (Å²) >= 11 is 8.23. The van der Waals surface area contributed by atoms with Crippen molar-refractivity contribution in [2.24, 2.45) is 5.41 Å². The molecule has 0 aromatic heterocycles. The highest BCUT2D eigenvalue weighted by molar-refractivity contribution is 7.99. The van der Waals surface area contributed by atoms with Crippen molar-refractivity contribution in [2.45, 2.75) is 26.3 Å². The van der Waals surface area contributed by atoms with E-state index in [1.54, 1.807) is 7.11 Å². The largest absolute Gasteiger partial charge is 0.497 e. The van der Waals surface area contributed by atoms with Gasteiger partial charge < -0.3 is 10.1 Å². The number of nitrogens with one attached hydrogen (secondary N) is 1. The Morgan fingerprint density at radius 3 is 2.89 bits per heavy atom. The number of benzene rings is 1. The molecule has 0 bridgehead atoms. The molecule has 1 heterocycles. The third kappa shape index (κ3) is 3.48. The molecule has 1 aliphatic heterocycles. The normalized spacial score (nSPS) is 22.6. The van der Waals surface area contributed by atoms with Crippen molar-refractivity contribution in [2.75, 3.05) is 23.9 Å². The number of ether oxygens (including phenoxy) is 1. The highest BCUT2D eigenvalue weighted by Gasteiger charge is 2.28. The van der Waals surface area contributed by atoms with E-state index in [1.165, 1.54) is 12.2 Å². The van der Waals surface area contributed by atoms with Crippen LogP contribution in [0.1, 0.15) is 20.3 Å². The van der Waals surface area contributed by atoms with Crippen LogP contribution >= 0.6 is 23.4 Å². The Labute approximate surface area is 118 Å². The number of thioether (sulfide) groups is 1. The van der Waals surface area contributed by atoms with Crippen molar-refractivity contribution in [3.05, 3.63) is 23.2 Å². The average molecular weight is 286 g/mol. The topological polar surface area (TPSA) is 21.3 Å². The zero-order valence-corrected chi connectivity index (χ0v) is 12.7. The number of rotatable bonds is 3. The fraction of sp³-hybridized carbons (Fsp3) is 0.571. The van der Waals surface area contributed by atoms with E-state index in [4.69, 9.17) is 16.3 Å². The second-order valence-corrected chi connectivity index (χ2v) is 7.01. The van der Waals surface area contributed by atoms with E-state index in [0.717, 1.165) is 22.2 Å². The lowest BCUT2D eigenvalue weighted by molar-refractivity contribution is 0.358. The SMILES string of the molecule is COc1ccc(Cl)c(NC2CSCC(C)(C)C2)c1. The van der Waals surface area contributed by atoms with Gasteiger partial charge in [0.05, 0.1) is 17.8 Å². The first-order valence-corrected chi connectivity index (χ1v) is 7.71. The van der Waals surface area contributed by atoms with Crippen LogP contribution in [0.3, 0.4) is 0 Å². The standard InChI is InChI=1S/C14H20ClNOS/c1-14(2)7-10(8-18-9-14)16-13-6-11(17-3)4-5-12(13)15/h4-6,10,16H,7-9H2,1-3H3. The van der Waals surface area contributed by atoms with Crippen LogP contribution in [0.15, 0.2) is 18.2 Å². The number of hydrogen-bond acceptors (Lipinski definition) is 3. The van der Waals surface area contributed by atoms with Crippen molar-refractivity contribution in [3.8, 4) is 5.75 Å². The summed E-state index contributed by atoms with van der Waals surface area (Å²) in [7, 11) is 1.67. The molecule has 2 rings (SSSR count). The smallest absolute Gasteiger partial charge is 0.121 e. The molecule has 0 spiro atoms. The number of methoxy groups -OCH3 is 1. The monoisotopic (exact) mass is 285 g/mol. The molecule has 100 valence electrons. The van der Waals surface area contributed by atoms with Crippen LogP contribution in [-0.4, -0.2) is 24.7 Å². The molecule has 0 aliphatic carbocycles. The first-order chi connectivity index (χ1) is 8.50. The Kier molecular flexibility index (Phi) is 4.33. The zero-order chi connectivity index (χ0) is 13.2. The number of hydrogen-bond donors (Lipinski definition) is 1. The molecule has 1 N–H and O–H groups in total. The van der Waals surface area contributed by atoms with Gasteiger partial charge in [0.15, 0.2) is 0 Å². The van der Waals surface area contributed by atoms with Gasteiger partial charge in [-0.25, -0.2) is 0 Å². The van der Waals surface area contributed by atoms with Crippen molar-refractivity contribution in [1.29, 1.82) is 0 Å². The molecular weight excluding hydrogens is 266 g/mol. The minimum Gasteiger partial charge on any atom is -0.497 e. The summed E-state index contributed by atoms with van der Waals surface area (Å²) in [6.45, 7) is 4.64. The van der Waals surface area contributed by atoms with Gasteiger partial charge >= 0.3 is 0 Å². The van der Waals surface area contributed by atoms with Crippen molar-refractivity contribution < 1.29 is 4.74 Å². The van der Waals surface area contributed by atoms with Gasteiger partial charge in [-0.15, -0.1) is 0 Å². The van der Waals surface area contributed by atoms with E-state index < -0.39 is 0 Å². The second kappa shape index (κ2) is 5.62. The Morgan fingerprint density at radius 2 is 2.22 bits per heavy atom. The van der Waals surface area contributed by atoms with Gasteiger partial charge in [0.1, 0.15) is 5.75 Å². The maximum atomic E-state index is 6.22. The molecule has 4 heteroatoms. The second-order valence-electron chi connectivity index (χ2n) is 5.57. The lowest BCUT2D eigenvalue weighted by Gasteiger charge is -2.35. The predicted molar refractivity (Wildman–Crippen MR) is 81.1 cm³/mol. The lowest BCUT2D eigenvalue weighted by atomic mass is 9.88. The summed E-state index contributed by atoms with van der Waals surface area (Å²) in [5.41, 5.74) is 1.37. The van der Waals surface area contributed by atoms with Crippen LogP contribution in [0, 0.1) is 5.41 Å². The molecule has 1 aromatic rings. The summed E-state index contributed by atoms with van der Waals surface area (Å²) < 4.78 is 5.24. The first kappa shape index (κ1) is 13.9. The molecular formula is C14H20ClNOS. The van der Waals surface area contributed by atoms with E-state index in [1.807, 2.05) is 30.0 Å². The van der Waals surface area contributed by atoms with Gasteiger partial charge in [0.2, 0.25) is 0 Å². The lowest BCUT2D eigenvalue weighted by Crippen LogP contribution is -2.35. The van der Waals surface area contributed by atoms with Gasteiger partial charge in [-0.1, -0.05) is 25.4 Å². The molecule has 1 aliphatic rings. The number of anilines is 1. The van der Waals surface area contributed by atoms with E-state index in [0.29, 0.717) is 11.5 Å². The fourth-order valence-electron chi connectivity index (χ4n) is 2.32. The Balaban J connectivity index is 2.09. The molecule has 1 unspecified atom stereocenters. The minimum atomic E-state index is 0.395. The minimum absolute atomic E-state index is 0.395. The third-order valence-electron chi connectivity index (χ3n) is 3.14. The number of halogens is 1. The predicted octanol–water partition coefficient (Wildman–Crippen LogP) is 4.29. The van der Waals surface area contributed by atoms with E-state index in [9.17, 15) is 0 Å². The third-order valence-corrected chi connectivity index (χ3v) is 5.10. The van der Waals surface area contributed by atoms with Crippen molar-refractivity contribution in [3.63, 3.8) is 0 Å². The average Bonchev–Trinajstić information content (AvgIpc) is 2.31.